The molecule has 0 atom stereocenters. The molecule has 2 rings (SSSR count). The number of hydrogen-bond acceptors (Lipinski definition) is 3. The van der Waals surface area contributed by atoms with Gasteiger partial charge in [0.2, 0.25) is 5.91 Å². The number of methoxy groups -OCH3 is 1. The first-order valence-corrected chi connectivity index (χ1v) is 7.34. The van der Waals surface area contributed by atoms with Crippen LogP contribution in [0, 0.1) is 0 Å². The van der Waals surface area contributed by atoms with Gasteiger partial charge in [0.05, 0.1) is 7.11 Å². The summed E-state index contributed by atoms with van der Waals surface area (Å²) < 4.78 is 5.14. The van der Waals surface area contributed by atoms with Crippen LogP contribution in [0.25, 0.3) is 0 Å². The highest BCUT2D eigenvalue weighted by Crippen LogP contribution is 2.16. The first kappa shape index (κ1) is 19.0. The van der Waals surface area contributed by atoms with Gasteiger partial charge in [0.15, 0.2) is 0 Å². The standard InChI is InChI=1S/C18H22N2O2.ClH/c1-20(14-15-7-4-3-5-8-15)12-11-18(21)19-16-9-6-10-17(13-16)22-2;/h3-10,13H,11-12,14H2,1-2H3,(H,19,21);1H. The fourth-order valence-corrected chi connectivity index (χ4v) is 2.19. The van der Waals surface area contributed by atoms with E-state index in [1.54, 1.807) is 7.11 Å². The van der Waals surface area contributed by atoms with Gasteiger partial charge in [-0.3, -0.25) is 4.79 Å². The molecule has 0 spiro atoms. The van der Waals surface area contributed by atoms with E-state index in [2.05, 4.69) is 22.3 Å². The molecule has 0 radical (unpaired) electrons. The molecule has 0 aromatic heterocycles. The molecule has 5 heteroatoms. The molecule has 0 saturated carbocycles. The number of carbonyl (C=O) groups is 1. The number of nitrogens with one attached hydrogen (secondary N) is 1. The Morgan fingerprint density at radius 3 is 2.57 bits per heavy atom. The molecule has 1 N–H and O–H groups in total. The van der Waals surface area contributed by atoms with Gasteiger partial charge in [-0.2, -0.15) is 0 Å². The number of nitrogens with zero attached hydrogens (tertiary/aromatic N) is 1. The first-order chi connectivity index (χ1) is 10.7. The van der Waals surface area contributed by atoms with Crippen LogP contribution >= 0.6 is 12.4 Å². The van der Waals surface area contributed by atoms with Crippen molar-refractivity contribution in [3.05, 3.63) is 60.2 Å². The largest absolute Gasteiger partial charge is 0.497 e. The summed E-state index contributed by atoms with van der Waals surface area (Å²) in [5, 5.41) is 2.89. The Balaban J connectivity index is 0.00000264. The van der Waals surface area contributed by atoms with Gasteiger partial charge >= 0.3 is 0 Å². The molecule has 2 aromatic carbocycles. The lowest BCUT2D eigenvalue weighted by molar-refractivity contribution is -0.116. The van der Waals surface area contributed by atoms with E-state index in [1.165, 1.54) is 5.56 Å². The Morgan fingerprint density at radius 2 is 1.87 bits per heavy atom. The van der Waals surface area contributed by atoms with Crippen LogP contribution in [0.4, 0.5) is 5.69 Å². The van der Waals surface area contributed by atoms with Crippen LogP contribution in [0.2, 0.25) is 0 Å². The Bertz CT molecular complexity index is 605. The van der Waals surface area contributed by atoms with E-state index in [9.17, 15) is 4.79 Å². The second kappa shape index (κ2) is 9.87. The highest BCUT2D eigenvalue weighted by Gasteiger charge is 2.06. The molecule has 1 amide bonds. The second-order valence-corrected chi connectivity index (χ2v) is 5.25. The Kier molecular flexibility index (Phi) is 8.16. The van der Waals surface area contributed by atoms with Crippen LogP contribution in [-0.4, -0.2) is 31.5 Å². The molecule has 0 heterocycles. The van der Waals surface area contributed by atoms with Crippen LogP contribution in [0.3, 0.4) is 0 Å². The molecule has 0 bridgehead atoms. The summed E-state index contributed by atoms with van der Waals surface area (Å²) in [6, 6.07) is 17.6. The predicted octanol–water partition coefficient (Wildman–Crippen LogP) is 3.58. The van der Waals surface area contributed by atoms with Crippen LogP contribution in [0.5, 0.6) is 5.75 Å². The van der Waals surface area contributed by atoms with Gasteiger partial charge in [-0.25, -0.2) is 0 Å². The van der Waals surface area contributed by atoms with Gasteiger partial charge in [-0.15, -0.1) is 12.4 Å². The zero-order valence-electron chi connectivity index (χ0n) is 13.5. The lowest BCUT2D eigenvalue weighted by Gasteiger charge is -2.16. The van der Waals surface area contributed by atoms with E-state index in [0.717, 1.165) is 18.0 Å². The first-order valence-electron chi connectivity index (χ1n) is 7.34. The maximum Gasteiger partial charge on any atom is 0.225 e. The summed E-state index contributed by atoms with van der Waals surface area (Å²) in [5.74, 6) is 0.743. The van der Waals surface area contributed by atoms with Gasteiger partial charge in [-0.05, 0) is 24.7 Å². The SMILES string of the molecule is COc1cccc(NC(=O)CCN(C)Cc2ccccc2)c1.Cl. The van der Waals surface area contributed by atoms with Crippen molar-refractivity contribution in [1.82, 2.24) is 4.90 Å². The fourth-order valence-electron chi connectivity index (χ4n) is 2.19. The van der Waals surface area contributed by atoms with Crippen molar-refractivity contribution >= 4 is 24.0 Å². The minimum atomic E-state index is 0. The minimum absolute atomic E-state index is 0. The van der Waals surface area contributed by atoms with E-state index < -0.39 is 0 Å². The van der Waals surface area contributed by atoms with Crippen molar-refractivity contribution in [2.75, 3.05) is 26.0 Å². The zero-order chi connectivity index (χ0) is 15.8. The van der Waals surface area contributed by atoms with E-state index >= 15 is 0 Å². The third kappa shape index (κ3) is 6.72. The number of rotatable bonds is 7. The number of anilines is 1. The van der Waals surface area contributed by atoms with Gasteiger partial charge in [-0.1, -0.05) is 36.4 Å². The Hall–Kier alpha value is -2.04. The molecule has 0 aliphatic heterocycles. The van der Waals surface area contributed by atoms with Crippen molar-refractivity contribution < 1.29 is 9.53 Å². The second-order valence-electron chi connectivity index (χ2n) is 5.25. The third-order valence-electron chi connectivity index (χ3n) is 3.37. The summed E-state index contributed by atoms with van der Waals surface area (Å²) in [6.45, 7) is 1.55. The van der Waals surface area contributed by atoms with Gasteiger partial charge in [0, 0.05) is 31.3 Å². The Labute approximate surface area is 143 Å². The van der Waals surface area contributed by atoms with Gasteiger partial charge < -0.3 is 15.0 Å². The van der Waals surface area contributed by atoms with Crippen LogP contribution in [-0.2, 0) is 11.3 Å². The summed E-state index contributed by atoms with van der Waals surface area (Å²) >= 11 is 0. The summed E-state index contributed by atoms with van der Waals surface area (Å²) in [7, 11) is 3.63. The molecular weight excluding hydrogens is 312 g/mol. The topological polar surface area (TPSA) is 41.6 Å². The molecule has 2 aromatic rings. The van der Waals surface area contributed by atoms with E-state index in [-0.39, 0.29) is 18.3 Å². The fraction of sp³-hybridized carbons (Fsp3) is 0.278. The van der Waals surface area contributed by atoms with Crippen molar-refractivity contribution in [1.29, 1.82) is 0 Å². The minimum Gasteiger partial charge on any atom is -0.497 e. The van der Waals surface area contributed by atoms with E-state index in [0.29, 0.717) is 13.0 Å². The van der Waals surface area contributed by atoms with Crippen molar-refractivity contribution in [2.24, 2.45) is 0 Å². The molecule has 4 nitrogen and oxygen atoms in total. The molecule has 0 aliphatic carbocycles. The van der Waals surface area contributed by atoms with Gasteiger partial charge in [0.25, 0.3) is 0 Å². The van der Waals surface area contributed by atoms with Crippen molar-refractivity contribution in [3.8, 4) is 5.75 Å². The van der Waals surface area contributed by atoms with Crippen LogP contribution in [0.15, 0.2) is 54.6 Å². The lowest BCUT2D eigenvalue weighted by Crippen LogP contribution is -2.24. The highest BCUT2D eigenvalue weighted by atomic mass is 35.5. The van der Waals surface area contributed by atoms with Crippen LogP contribution < -0.4 is 10.1 Å². The average Bonchev–Trinajstić information content (AvgIpc) is 2.54. The van der Waals surface area contributed by atoms with Crippen molar-refractivity contribution in [2.45, 2.75) is 13.0 Å². The molecule has 0 fully saturated rings. The van der Waals surface area contributed by atoms with Crippen LogP contribution in [0.1, 0.15) is 12.0 Å². The molecule has 23 heavy (non-hydrogen) atoms. The zero-order valence-corrected chi connectivity index (χ0v) is 14.3. The third-order valence-corrected chi connectivity index (χ3v) is 3.37. The predicted molar refractivity (Wildman–Crippen MR) is 96.3 cm³/mol. The van der Waals surface area contributed by atoms with Gasteiger partial charge in [0.1, 0.15) is 5.75 Å². The monoisotopic (exact) mass is 334 g/mol. The smallest absolute Gasteiger partial charge is 0.225 e. The highest BCUT2D eigenvalue weighted by molar-refractivity contribution is 5.91. The normalized spacial score (nSPS) is 10.0. The maximum absolute atomic E-state index is 12.0. The van der Waals surface area contributed by atoms with E-state index in [1.807, 2.05) is 49.5 Å². The molecular formula is C18H23ClN2O2. The molecule has 124 valence electrons. The summed E-state index contributed by atoms with van der Waals surface area (Å²) in [4.78, 5) is 14.1. The average molecular weight is 335 g/mol. The number of hydrogen-bond donors (Lipinski definition) is 1. The number of ether oxygens (including phenoxy) is 1. The summed E-state index contributed by atoms with van der Waals surface area (Å²) in [6.07, 6.45) is 0.459. The summed E-state index contributed by atoms with van der Waals surface area (Å²) in [5.41, 5.74) is 2.01. The number of benzene rings is 2. The molecule has 0 saturated heterocycles. The van der Waals surface area contributed by atoms with E-state index in [4.69, 9.17) is 4.74 Å². The number of amides is 1. The molecule has 0 aliphatic rings. The molecule has 0 unspecified atom stereocenters. The van der Waals surface area contributed by atoms with Crippen molar-refractivity contribution in [3.63, 3.8) is 0 Å². The quantitative estimate of drug-likeness (QED) is 0.841. The lowest BCUT2D eigenvalue weighted by atomic mass is 10.2. The maximum atomic E-state index is 12.0. The Morgan fingerprint density at radius 1 is 1.13 bits per heavy atom. The number of halogens is 1. The number of carbonyl (C=O) groups excluding carboxylic acids is 1.